The van der Waals surface area contributed by atoms with Gasteiger partial charge in [-0.1, -0.05) is 36.4 Å². The van der Waals surface area contributed by atoms with Gasteiger partial charge in [-0.15, -0.1) is 0 Å². The normalized spacial score (nSPS) is 15.8. The molecule has 2 aromatic carbocycles. The Hall–Kier alpha value is -3.41. The number of aromatic nitrogens is 1. The first-order valence-electron chi connectivity index (χ1n) is 11.6. The molecule has 0 unspecified atom stereocenters. The van der Waals surface area contributed by atoms with Crippen molar-refractivity contribution < 1.29 is 14.3 Å². The molecular formula is C27H31N3O3. The zero-order chi connectivity index (χ0) is 23.4. The summed E-state index contributed by atoms with van der Waals surface area (Å²) in [4.78, 5) is 32.5. The van der Waals surface area contributed by atoms with Crippen LogP contribution in [0.15, 0.2) is 54.6 Å². The number of ether oxygens (including phenoxy) is 1. The summed E-state index contributed by atoms with van der Waals surface area (Å²) in [5, 5.41) is 3.85. The summed E-state index contributed by atoms with van der Waals surface area (Å²) < 4.78 is 5.40. The predicted octanol–water partition coefficient (Wildman–Crippen LogP) is 4.33. The molecule has 6 heteroatoms. The van der Waals surface area contributed by atoms with Crippen LogP contribution in [0.25, 0.3) is 10.9 Å². The Balaban J connectivity index is 1.48. The fourth-order valence-corrected chi connectivity index (χ4v) is 4.47. The maximum Gasteiger partial charge on any atom is 0.252 e. The highest BCUT2D eigenvalue weighted by molar-refractivity contribution is 6.06. The van der Waals surface area contributed by atoms with E-state index in [0.29, 0.717) is 31.5 Å². The third-order valence-electron chi connectivity index (χ3n) is 6.16. The Kier molecular flexibility index (Phi) is 6.92. The average Bonchev–Trinajstić information content (AvgIpc) is 3.32. The van der Waals surface area contributed by atoms with Gasteiger partial charge in [0.2, 0.25) is 5.91 Å². The fourth-order valence-electron chi connectivity index (χ4n) is 4.47. The van der Waals surface area contributed by atoms with Crippen molar-refractivity contribution in [2.45, 2.75) is 45.1 Å². The van der Waals surface area contributed by atoms with Crippen LogP contribution in [-0.2, 0) is 11.2 Å². The molecule has 172 valence electrons. The van der Waals surface area contributed by atoms with Crippen molar-refractivity contribution in [1.29, 1.82) is 0 Å². The number of aryl methyl sites for hydroxylation is 1. The highest BCUT2D eigenvalue weighted by atomic mass is 16.5. The van der Waals surface area contributed by atoms with Gasteiger partial charge in [0.25, 0.3) is 5.91 Å². The first kappa shape index (κ1) is 22.8. The van der Waals surface area contributed by atoms with Crippen molar-refractivity contribution >= 4 is 22.7 Å². The Labute approximate surface area is 195 Å². The molecule has 1 atom stereocenters. The van der Waals surface area contributed by atoms with Gasteiger partial charge < -0.3 is 15.0 Å². The molecule has 4 rings (SSSR count). The van der Waals surface area contributed by atoms with E-state index in [1.54, 1.807) is 7.11 Å². The lowest BCUT2D eigenvalue weighted by Gasteiger charge is -2.18. The standard InChI is InChI=1S/C27H31N3O3/c1-18(2)28-27(32)22-16-24(29-23-10-6-5-9-21(22)23)20-14-15-30(17-20)26(31)13-12-19-8-4-7-11-25(19)33-3/h4-11,16,18,20H,12-15,17H2,1-3H3,(H,28,32)/t20-/m1/s1. The van der Waals surface area contributed by atoms with E-state index in [1.165, 1.54) is 0 Å². The number of rotatable bonds is 7. The van der Waals surface area contributed by atoms with Gasteiger partial charge in [-0.05, 0) is 50.5 Å². The minimum Gasteiger partial charge on any atom is -0.496 e. The van der Waals surface area contributed by atoms with Crippen molar-refractivity contribution in [1.82, 2.24) is 15.2 Å². The highest BCUT2D eigenvalue weighted by Gasteiger charge is 2.29. The second-order valence-corrected chi connectivity index (χ2v) is 8.88. The van der Waals surface area contributed by atoms with Crippen molar-refractivity contribution in [3.63, 3.8) is 0 Å². The predicted molar refractivity (Wildman–Crippen MR) is 130 cm³/mol. The fraction of sp³-hybridized carbons (Fsp3) is 0.370. The molecule has 1 aromatic heterocycles. The Morgan fingerprint density at radius 1 is 1.15 bits per heavy atom. The van der Waals surface area contributed by atoms with Crippen LogP contribution in [0.4, 0.5) is 0 Å². The Bertz CT molecular complexity index is 1160. The summed E-state index contributed by atoms with van der Waals surface area (Å²) >= 11 is 0. The van der Waals surface area contributed by atoms with Crippen LogP contribution in [0.5, 0.6) is 5.75 Å². The summed E-state index contributed by atoms with van der Waals surface area (Å²) in [7, 11) is 1.65. The number of methoxy groups -OCH3 is 1. The van der Waals surface area contributed by atoms with E-state index in [0.717, 1.165) is 34.3 Å². The lowest BCUT2D eigenvalue weighted by atomic mass is 9.99. The van der Waals surface area contributed by atoms with E-state index in [9.17, 15) is 9.59 Å². The second-order valence-electron chi connectivity index (χ2n) is 8.88. The summed E-state index contributed by atoms with van der Waals surface area (Å²) in [6, 6.07) is 17.5. The van der Waals surface area contributed by atoms with E-state index in [2.05, 4.69) is 5.32 Å². The molecule has 0 aliphatic carbocycles. The number of carbonyl (C=O) groups is 2. The van der Waals surface area contributed by atoms with Gasteiger partial charge >= 0.3 is 0 Å². The van der Waals surface area contributed by atoms with Crippen molar-refractivity contribution in [3.05, 3.63) is 71.4 Å². The van der Waals surface area contributed by atoms with Crippen LogP contribution < -0.4 is 10.1 Å². The monoisotopic (exact) mass is 445 g/mol. The molecule has 2 heterocycles. The highest BCUT2D eigenvalue weighted by Crippen LogP contribution is 2.30. The van der Waals surface area contributed by atoms with Crippen LogP contribution in [0, 0.1) is 0 Å². The molecule has 33 heavy (non-hydrogen) atoms. The van der Waals surface area contributed by atoms with Crippen LogP contribution in [0.2, 0.25) is 0 Å². The molecule has 0 bridgehead atoms. The van der Waals surface area contributed by atoms with E-state index >= 15 is 0 Å². The molecule has 1 aliphatic rings. The molecule has 0 saturated carbocycles. The van der Waals surface area contributed by atoms with Crippen molar-refractivity contribution in [2.24, 2.45) is 0 Å². The molecule has 3 aromatic rings. The SMILES string of the molecule is COc1ccccc1CCC(=O)N1CC[C@@H](c2cc(C(=O)NC(C)C)c3ccccc3n2)C1. The number of hydrogen-bond acceptors (Lipinski definition) is 4. The van der Waals surface area contributed by atoms with Gasteiger partial charge in [0.1, 0.15) is 5.75 Å². The molecule has 0 spiro atoms. The number of pyridine rings is 1. The zero-order valence-corrected chi connectivity index (χ0v) is 19.5. The van der Waals surface area contributed by atoms with E-state index < -0.39 is 0 Å². The maximum atomic E-state index is 12.9. The zero-order valence-electron chi connectivity index (χ0n) is 19.5. The van der Waals surface area contributed by atoms with Gasteiger partial charge in [-0.2, -0.15) is 0 Å². The summed E-state index contributed by atoms with van der Waals surface area (Å²) in [5.41, 5.74) is 3.37. The van der Waals surface area contributed by atoms with E-state index in [-0.39, 0.29) is 23.8 Å². The topological polar surface area (TPSA) is 71.5 Å². The first-order chi connectivity index (χ1) is 16.0. The second kappa shape index (κ2) is 10.0. The Morgan fingerprint density at radius 2 is 1.91 bits per heavy atom. The smallest absolute Gasteiger partial charge is 0.252 e. The molecule has 2 amide bonds. The third kappa shape index (κ3) is 5.16. The number of benzene rings is 2. The number of hydrogen-bond donors (Lipinski definition) is 1. The molecule has 0 radical (unpaired) electrons. The largest absolute Gasteiger partial charge is 0.496 e. The number of fused-ring (bicyclic) bond motifs is 1. The number of amides is 2. The minimum absolute atomic E-state index is 0.0516. The molecule has 1 saturated heterocycles. The lowest BCUT2D eigenvalue weighted by molar-refractivity contribution is -0.130. The molecule has 1 fully saturated rings. The number of nitrogens with one attached hydrogen (secondary N) is 1. The Morgan fingerprint density at radius 3 is 2.70 bits per heavy atom. The number of likely N-dealkylation sites (tertiary alicyclic amines) is 1. The molecule has 6 nitrogen and oxygen atoms in total. The van der Waals surface area contributed by atoms with Crippen LogP contribution in [0.1, 0.15) is 54.2 Å². The van der Waals surface area contributed by atoms with E-state index in [4.69, 9.17) is 9.72 Å². The summed E-state index contributed by atoms with van der Waals surface area (Å²) in [6.45, 7) is 5.24. The van der Waals surface area contributed by atoms with Crippen molar-refractivity contribution in [3.8, 4) is 5.75 Å². The average molecular weight is 446 g/mol. The van der Waals surface area contributed by atoms with Gasteiger partial charge in [-0.25, -0.2) is 0 Å². The van der Waals surface area contributed by atoms with E-state index in [1.807, 2.05) is 73.3 Å². The number of nitrogens with zero attached hydrogens (tertiary/aromatic N) is 2. The molecule has 1 aliphatic heterocycles. The van der Waals surface area contributed by atoms with Crippen LogP contribution >= 0.6 is 0 Å². The van der Waals surface area contributed by atoms with Gasteiger partial charge in [0.15, 0.2) is 0 Å². The number of carbonyl (C=O) groups excluding carboxylic acids is 2. The molecule has 1 N–H and O–H groups in total. The number of para-hydroxylation sites is 2. The molecular weight excluding hydrogens is 414 g/mol. The maximum absolute atomic E-state index is 12.9. The summed E-state index contributed by atoms with van der Waals surface area (Å²) in [6.07, 6.45) is 1.94. The third-order valence-corrected chi connectivity index (χ3v) is 6.16. The van der Waals surface area contributed by atoms with Gasteiger partial charge in [0, 0.05) is 42.6 Å². The quantitative estimate of drug-likeness (QED) is 0.588. The van der Waals surface area contributed by atoms with Crippen LogP contribution in [0.3, 0.4) is 0 Å². The first-order valence-corrected chi connectivity index (χ1v) is 11.6. The minimum atomic E-state index is -0.0902. The summed E-state index contributed by atoms with van der Waals surface area (Å²) in [5.74, 6) is 0.988. The van der Waals surface area contributed by atoms with Gasteiger partial charge in [-0.3, -0.25) is 14.6 Å². The lowest BCUT2D eigenvalue weighted by Crippen LogP contribution is -2.30. The van der Waals surface area contributed by atoms with Gasteiger partial charge in [0.05, 0.1) is 18.2 Å². The van der Waals surface area contributed by atoms with Crippen LogP contribution in [-0.4, -0.2) is 47.9 Å². The van der Waals surface area contributed by atoms with Crippen molar-refractivity contribution in [2.75, 3.05) is 20.2 Å².